The standard InChI is InChI=1S/C10H15N3O/c1-8-7-13(6-5-11-8)10-9(14)3-2-4-12-10/h2-4,8,11,14H,5-7H2,1H3/t8-/m0/s1. The number of pyridine rings is 1. The molecule has 0 amide bonds. The molecule has 0 aromatic carbocycles. The van der Waals surface area contributed by atoms with Crippen LogP contribution in [0.1, 0.15) is 6.92 Å². The van der Waals surface area contributed by atoms with Crippen molar-refractivity contribution >= 4 is 5.82 Å². The number of anilines is 1. The molecule has 1 aliphatic heterocycles. The molecule has 2 N–H and O–H groups in total. The van der Waals surface area contributed by atoms with Crippen LogP contribution in [-0.4, -0.2) is 35.8 Å². The number of nitrogens with one attached hydrogen (secondary N) is 1. The summed E-state index contributed by atoms with van der Waals surface area (Å²) in [4.78, 5) is 6.29. The Hall–Kier alpha value is -1.29. The van der Waals surface area contributed by atoms with Crippen LogP contribution in [0.4, 0.5) is 5.82 Å². The van der Waals surface area contributed by atoms with E-state index in [0.717, 1.165) is 19.6 Å². The first-order chi connectivity index (χ1) is 6.77. The van der Waals surface area contributed by atoms with Gasteiger partial charge in [0.05, 0.1) is 0 Å². The highest BCUT2D eigenvalue weighted by atomic mass is 16.3. The molecule has 0 aliphatic carbocycles. The van der Waals surface area contributed by atoms with Crippen molar-refractivity contribution < 1.29 is 5.11 Å². The van der Waals surface area contributed by atoms with Crippen molar-refractivity contribution in [1.29, 1.82) is 0 Å². The highest BCUT2D eigenvalue weighted by molar-refractivity contribution is 5.51. The van der Waals surface area contributed by atoms with Gasteiger partial charge in [0.2, 0.25) is 0 Å². The number of hydrogen-bond donors (Lipinski definition) is 2. The first kappa shape index (κ1) is 9.27. The van der Waals surface area contributed by atoms with Crippen molar-refractivity contribution in [3.63, 3.8) is 0 Å². The first-order valence-electron chi connectivity index (χ1n) is 4.89. The van der Waals surface area contributed by atoms with Gasteiger partial charge in [-0.3, -0.25) is 0 Å². The monoisotopic (exact) mass is 193 g/mol. The molecule has 1 aliphatic rings. The molecular weight excluding hydrogens is 178 g/mol. The predicted molar refractivity (Wildman–Crippen MR) is 55.6 cm³/mol. The summed E-state index contributed by atoms with van der Waals surface area (Å²) in [6.45, 7) is 4.86. The fourth-order valence-electron chi connectivity index (χ4n) is 1.76. The van der Waals surface area contributed by atoms with E-state index in [1.54, 1.807) is 18.3 Å². The molecule has 1 aromatic heterocycles. The van der Waals surface area contributed by atoms with Crippen LogP contribution in [-0.2, 0) is 0 Å². The smallest absolute Gasteiger partial charge is 0.171 e. The van der Waals surface area contributed by atoms with Gasteiger partial charge in [0, 0.05) is 31.9 Å². The summed E-state index contributed by atoms with van der Waals surface area (Å²) < 4.78 is 0. The van der Waals surface area contributed by atoms with Crippen LogP contribution in [0.15, 0.2) is 18.3 Å². The van der Waals surface area contributed by atoms with E-state index >= 15 is 0 Å². The van der Waals surface area contributed by atoms with Crippen molar-refractivity contribution in [2.24, 2.45) is 0 Å². The number of aromatic nitrogens is 1. The van der Waals surface area contributed by atoms with E-state index in [0.29, 0.717) is 11.9 Å². The van der Waals surface area contributed by atoms with Gasteiger partial charge in [0.15, 0.2) is 11.6 Å². The van der Waals surface area contributed by atoms with Gasteiger partial charge in [0.25, 0.3) is 0 Å². The third kappa shape index (κ3) is 1.80. The Morgan fingerprint density at radius 2 is 2.50 bits per heavy atom. The van der Waals surface area contributed by atoms with Crippen LogP contribution in [0.25, 0.3) is 0 Å². The summed E-state index contributed by atoms with van der Waals surface area (Å²) in [6, 6.07) is 3.87. The van der Waals surface area contributed by atoms with E-state index < -0.39 is 0 Å². The molecule has 2 rings (SSSR count). The largest absolute Gasteiger partial charge is 0.504 e. The zero-order chi connectivity index (χ0) is 9.97. The highest BCUT2D eigenvalue weighted by Crippen LogP contribution is 2.23. The summed E-state index contributed by atoms with van der Waals surface area (Å²) in [7, 11) is 0. The molecule has 1 aromatic rings. The molecule has 14 heavy (non-hydrogen) atoms. The van der Waals surface area contributed by atoms with Gasteiger partial charge in [-0.15, -0.1) is 0 Å². The van der Waals surface area contributed by atoms with E-state index in [2.05, 4.69) is 22.1 Å². The Morgan fingerprint density at radius 1 is 1.64 bits per heavy atom. The van der Waals surface area contributed by atoms with Crippen molar-refractivity contribution in [2.45, 2.75) is 13.0 Å². The minimum Gasteiger partial charge on any atom is -0.504 e. The van der Waals surface area contributed by atoms with Crippen LogP contribution in [0, 0.1) is 0 Å². The highest BCUT2D eigenvalue weighted by Gasteiger charge is 2.18. The second kappa shape index (κ2) is 3.84. The molecule has 0 radical (unpaired) electrons. The zero-order valence-corrected chi connectivity index (χ0v) is 8.27. The Balaban J connectivity index is 2.18. The molecule has 0 saturated carbocycles. The Labute approximate surface area is 83.6 Å². The summed E-state index contributed by atoms with van der Waals surface area (Å²) in [5.41, 5.74) is 0. The second-order valence-corrected chi connectivity index (χ2v) is 3.65. The lowest BCUT2D eigenvalue weighted by molar-refractivity contribution is 0.452. The minimum atomic E-state index is 0.265. The topological polar surface area (TPSA) is 48.4 Å². The summed E-state index contributed by atoms with van der Waals surface area (Å²) in [6.07, 6.45) is 1.71. The maximum Gasteiger partial charge on any atom is 0.171 e. The van der Waals surface area contributed by atoms with Crippen LogP contribution >= 0.6 is 0 Å². The normalized spacial score (nSPS) is 22.4. The molecule has 1 atom stereocenters. The minimum absolute atomic E-state index is 0.265. The van der Waals surface area contributed by atoms with Gasteiger partial charge < -0.3 is 15.3 Å². The van der Waals surface area contributed by atoms with E-state index in [9.17, 15) is 5.11 Å². The summed E-state index contributed by atoms with van der Waals surface area (Å²) >= 11 is 0. The van der Waals surface area contributed by atoms with Gasteiger partial charge >= 0.3 is 0 Å². The van der Waals surface area contributed by atoms with E-state index in [4.69, 9.17) is 0 Å². The predicted octanol–water partition coefficient (Wildman–Crippen LogP) is 0.585. The molecule has 4 nitrogen and oxygen atoms in total. The van der Waals surface area contributed by atoms with E-state index in [1.165, 1.54) is 0 Å². The fraction of sp³-hybridized carbons (Fsp3) is 0.500. The summed E-state index contributed by atoms with van der Waals surface area (Å²) in [5.74, 6) is 0.961. The van der Waals surface area contributed by atoms with Gasteiger partial charge in [-0.2, -0.15) is 0 Å². The zero-order valence-electron chi connectivity index (χ0n) is 8.27. The lowest BCUT2D eigenvalue weighted by Crippen LogP contribution is -2.49. The third-order valence-corrected chi connectivity index (χ3v) is 2.43. The van der Waals surface area contributed by atoms with Gasteiger partial charge in [-0.25, -0.2) is 4.98 Å². The van der Waals surface area contributed by atoms with Crippen molar-refractivity contribution in [3.8, 4) is 5.75 Å². The van der Waals surface area contributed by atoms with Crippen molar-refractivity contribution in [1.82, 2.24) is 10.3 Å². The Bertz CT molecular complexity index is 316. The molecule has 0 bridgehead atoms. The molecule has 1 saturated heterocycles. The second-order valence-electron chi connectivity index (χ2n) is 3.65. The number of hydrogen-bond acceptors (Lipinski definition) is 4. The van der Waals surface area contributed by atoms with Gasteiger partial charge in [-0.05, 0) is 19.1 Å². The van der Waals surface area contributed by atoms with Gasteiger partial charge in [0.1, 0.15) is 0 Å². The van der Waals surface area contributed by atoms with Crippen molar-refractivity contribution in [3.05, 3.63) is 18.3 Å². The lowest BCUT2D eigenvalue weighted by Gasteiger charge is -2.32. The molecule has 0 spiro atoms. The third-order valence-electron chi connectivity index (χ3n) is 2.43. The molecule has 76 valence electrons. The lowest BCUT2D eigenvalue weighted by atomic mass is 10.2. The van der Waals surface area contributed by atoms with E-state index in [-0.39, 0.29) is 5.75 Å². The summed E-state index contributed by atoms with van der Waals surface area (Å²) in [5, 5.41) is 13.0. The SMILES string of the molecule is C[C@H]1CN(c2ncccc2O)CCN1. The van der Waals surface area contributed by atoms with Gasteiger partial charge in [-0.1, -0.05) is 0 Å². The molecule has 1 fully saturated rings. The van der Waals surface area contributed by atoms with Crippen LogP contribution in [0.2, 0.25) is 0 Å². The number of aromatic hydroxyl groups is 1. The van der Waals surface area contributed by atoms with Crippen LogP contribution in [0.3, 0.4) is 0 Å². The number of nitrogens with zero attached hydrogens (tertiary/aromatic N) is 2. The molecule has 4 heteroatoms. The quantitative estimate of drug-likeness (QED) is 0.685. The Morgan fingerprint density at radius 3 is 3.21 bits per heavy atom. The fourth-order valence-corrected chi connectivity index (χ4v) is 1.76. The van der Waals surface area contributed by atoms with Crippen LogP contribution < -0.4 is 10.2 Å². The maximum absolute atomic E-state index is 9.62. The number of rotatable bonds is 1. The first-order valence-corrected chi connectivity index (χ1v) is 4.89. The molecule has 0 unspecified atom stereocenters. The molecular formula is C10H15N3O. The number of piperazine rings is 1. The maximum atomic E-state index is 9.62. The molecule has 2 heterocycles. The van der Waals surface area contributed by atoms with Crippen LogP contribution in [0.5, 0.6) is 5.75 Å². The van der Waals surface area contributed by atoms with Crippen molar-refractivity contribution in [2.75, 3.05) is 24.5 Å². The average molecular weight is 193 g/mol. The Kier molecular flexibility index (Phi) is 2.54. The van der Waals surface area contributed by atoms with E-state index in [1.807, 2.05) is 0 Å². The average Bonchev–Trinajstić information content (AvgIpc) is 2.18.